The van der Waals surface area contributed by atoms with E-state index in [0.717, 1.165) is 0 Å². The number of hydrogen-bond acceptors (Lipinski definition) is 8. The molecule has 0 saturated heterocycles. The number of nitrogens with zero attached hydrogens (tertiary/aromatic N) is 7. The van der Waals surface area contributed by atoms with Crippen LogP contribution in [0.15, 0.2) is 48.7 Å². The quantitative estimate of drug-likeness (QED) is 0.558. The van der Waals surface area contributed by atoms with Gasteiger partial charge in [-0.05, 0) is 30.3 Å². The Morgan fingerprint density at radius 1 is 1.00 bits per heavy atom. The summed E-state index contributed by atoms with van der Waals surface area (Å²) < 4.78 is 14.4. The number of aromatic nitrogens is 4. The van der Waals surface area contributed by atoms with Crippen LogP contribution in [0.4, 0.5) is 22.0 Å². The van der Waals surface area contributed by atoms with E-state index in [1.165, 1.54) is 11.0 Å². The molecule has 0 radical (unpaired) electrons. The van der Waals surface area contributed by atoms with Gasteiger partial charge in [-0.2, -0.15) is 15.5 Å². The second kappa shape index (κ2) is 7.41. The van der Waals surface area contributed by atoms with E-state index in [1.807, 2.05) is 12.1 Å². The van der Waals surface area contributed by atoms with Crippen molar-refractivity contribution in [1.82, 2.24) is 19.9 Å². The summed E-state index contributed by atoms with van der Waals surface area (Å²) in [5, 5.41) is 19.2. The summed E-state index contributed by atoms with van der Waals surface area (Å²) in [5.41, 5.74) is 7.05. The zero-order valence-corrected chi connectivity index (χ0v) is 15.7. The number of hydrogen-bond donors (Lipinski definition) is 1. The SMILES string of the molecule is CN(c1nc2cccc(F)c2cc1-c1ccccn1)c1nc(N)nc(C#N)c1C#N. The molecule has 4 rings (SSSR count). The van der Waals surface area contributed by atoms with Crippen LogP contribution in [0.5, 0.6) is 0 Å². The van der Waals surface area contributed by atoms with Gasteiger partial charge in [0.25, 0.3) is 0 Å². The highest BCUT2D eigenvalue weighted by molar-refractivity contribution is 5.90. The van der Waals surface area contributed by atoms with E-state index in [-0.39, 0.29) is 23.0 Å². The molecule has 0 spiro atoms. The van der Waals surface area contributed by atoms with Crippen LogP contribution < -0.4 is 10.6 Å². The minimum absolute atomic E-state index is 0.0395. The zero-order chi connectivity index (χ0) is 21.3. The number of fused-ring (bicyclic) bond motifs is 1. The Balaban J connectivity index is 2.03. The van der Waals surface area contributed by atoms with Gasteiger partial charge in [-0.15, -0.1) is 0 Å². The third-order valence-corrected chi connectivity index (χ3v) is 4.49. The van der Waals surface area contributed by atoms with Crippen molar-refractivity contribution in [2.24, 2.45) is 0 Å². The number of rotatable bonds is 3. The van der Waals surface area contributed by atoms with Crippen LogP contribution in [0.3, 0.4) is 0 Å². The molecule has 30 heavy (non-hydrogen) atoms. The molecule has 0 bridgehead atoms. The molecule has 0 aliphatic rings. The summed E-state index contributed by atoms with van der Waals surface area (Å²) in [4.78, 5) is 18.4. The topological polar surface area (TPSA) is 128 Å². The van der Waals surface area contributed by atoms with Gasteiger partial charge in [-0.3, -0.25) is 4.98 Å². The molecule has 3 heterocycles. The third-order valence-electron chi connectivity index (χ3n) is 4.49. The van der Waals surface area contributed by atoms with Gasteiger partial charge < -0.3 is 10.6 Å². The lowest BCUT2D eigenvalue weighted by Crippen LogP contribution is -2.18. The number of nitrogen functional groups attached to an aromatic ring is 1. The van der Waals surface area contributed by atoms with Crippen molar-refractivity contribution in [3.05, 3.63) is 65.7 Å². The molecular weight excluding hydrogens is 383 g/mol. The summed E-state index contributed by atoms with van der Waals surface area (Å²) in [6.45, 7) is 0. The van der Waals surface area contributed by atoms with Crippen molar-refractivity contribution in [3.63, 3.8) is 0 Å². The van der Waals surface area contributed by atoms with Crippen molar-refractivity contribution < 1.29 is 4.39 Å². The van der Waals surface area contributed by atoms with Crippen LogP contribution in [0.2, 0.25) is 0 Å². The van der Waals surface area contributed by atoms with Gasteiger partial charge in [0.1, 0.15) is 29.3 Å². The lowest BCUT2D eigenvalue weighted by Gasteiger charge is -2.22. The monoisotopic (exact) mass is 396 g/mol. The van der Waals surface area contributed by atoms with Crippen LogP contribution in [0.1, 0.15) is 11.3 Å². The molecule has 9 heteroatoms. The lowest BCUT2D eigenvalue weighted by atomic mass is 10.1. The maximum atomic E-state index is 14.4. The first kappa shape index (κ1) is 18.7. The molecule has 0 aliphatic heterocycles. The van der Waals surface area contributed by atoms with E-state index in [9.17, 15) is 14.9 Å². The number of pyridine rings is 2. The average molecular weight is 396 g/mol. The van der Waals surface area contributed by atoms with Gasteiger partial charge in [-0.1, -0.05) is 12.1 Å². The molecule has 0 fully saturated rings. The van der Waals surface area contributed by atoms with E-state index in [2.05, 4.69) is 19.9 Å². The number of nitrogens with two attached hydrogens (primary N) is 1. The molecule has 8 nitrogen and oxygen atoms in total. The predicted molar refractivity (Wildman–Crippen MR) is 109 cm³/mol. The van der Waals surface area contributed by atoms with Gasteiger partial charge in [0, 0.05) is 24.2 Å². The third kappa shape index (κ3) is 3.11. The minimum atomic E-state index is -0.415. The lowest BCUT2D eigenvalue weighted by molar-refractivity contribution is 0.639. The summed E-state index contributed by atoms with van der Waals surface area (Å²) in [6.07, 6.45) is 1.61. The van der Waals surface area contributed by atoms with Crippen LogP contribution in [-0.4, -0.2) is 27.0 Å². The van der Waals surface area contributed by atoms with Crippen molar-refractivity contribution in [2.75, 3.05) is 17.7 Å². The number of benzene rings is 1. The van der Waals surface area contributed by atoms with Crippen LogP contribution in [0, 0.1) is 28.5 Å². The average Bonchev–Trinajstić information content (AvgIpc) is 2.78. The maximum Gasteiger partial charge on any atom is 0.223 e. The van der Waals surface area contributed by atoms with Gasteiger partial charge in [0.05, 0.1) is 11.2 Å². The molecule has 4 aromatic rings. The predicted octanol–water partition coefficient (Wildman–Crippen LogP) is 3.32. The fourth-order valence-electron chi connectivity index (χ4n) is 3.11. The van der Waals surface area contributed by atoms with Gasteiger partial charge in [-0.25, -0.2) is 14.4 Å². The first-order valence-electron chi connectivity index (χ1n) is 8.75. The Bertz CT molecular complexity index is 1360. The van der Waals surface area contributed by atoms with Crippen LogP contribution in [-0.2, 0) is 0 Å². The Morgan fingerprint density at radius 2 is 1.83 bits per heavy atom. The molecule has 3 aromatic heterocycles. The maximum absolute atomic E-state index is 14.4. The Hall–Kier alpha value is -4.63. The van der Waals surface area contributed by atoms with Crippen molar-refractivity contribution >= 4 is 28.5 Å². The van der Waals surface area contributed by atoms with Gasteiger partial charge in [0.2, 0.25) is 5.95 Å². The van der Waals surface area contributed by atoms with E-state index in [0.29, 0.717) is 28.0 Å². The largest absolute Gasteiger partial charge is 0.368 e. The number of anilines is 3. The zero-order valence-electron chi connectivity index (χ0n) is 15.7. The fraction of sp³-hybridized carbons (Fsp3) is 0.0476. The standard InChI is InChI=1S/C21H13FN8/c1-30(20-14(10-23)18(11-24)28-21(25)29-20)19-13(16-6-2-3-8-26-16)9-12-15(22)5-4-7-17(12)27-19/h2-9H,1H3,(H2,25,28,29). The summed E-state index contributed by atoms with van der Waals surface area (Å²) in [5.74, 6) is -0.0898. The fourth-order valence-corrected chi connectivity index (χ4v) is 3.11. The summed E-state index contributed by atoms with van der Waals surface area (Å²) in [6, 6.07) is 15.4. The molecule has 2 N–H and O–H groups in total. The smallest absolute Gasteiger partial charge is 0.223 e. The number of nitriles is 2. The van der Waals surface area contributed by atoms with Crippen molar-refractivity contribution in [1.29, 1.82) is 10.5 Å². The summed E-state index contributed by atoms with van der Waals surface area (Å²) in [7, 11) is 1.63. The normalized spacial score (nSPS) is 10.4. The molecular formula is C21H13FN8. The Morgan fingerprint density at radius 3 is 2.53 bits per heavy atom. The molecule has 1 aromatic carbocycles. The number of halogens is 1. The first-order valence-corrected chi connectivity index (χ1v) is 8.75. The molecule has 0 amide bonds. The van der Waals surface area contributed by atoms with E-state index in [4.69, 9.17) is 5.73 Å². The van der Waals surface area contributed by atoms with Crippen molar-refractivity contribution in [3.8, 4) is 23.4 Å². The Kier molecular flexibility index (Phi) is 4.63. The molecule has 144 valence electrons. The Labute approximate surface area is 170 Å². The van der Waals surface area contributed by atoms with E-state index < -0.39 is 5.82 Å². The van der Waals surface area contributed by atoms with Gasteiger partial charge >= 0.3 is 0 Å². The highest BCUT2D eigenvalue weighted by Gasteiger charge is 2.22. The highest BCUT2D eigenvalue weighted by Crippen LogP contribution is 2.35. The minimum Gasteiger partial charge on any atom is -0.368 e. The van der Waals surface area contributed by atoms with Gasteiger partial charge in [0.15, 0.2) is 11.5 Å². The molecule has 0 unspecified atom stereocenters. The van der Waals surface area contributed by atoms with Crippen molar-refractivity contribution in [2.45, 2.75) is 0 Å². The van der Waals surface area contributed by atoms with Crippen LogP contribution >= 0.6 is 0 Å². The van der Waals surface area contributed by atoms with Crippen LogP contribution in [0.25, 0.3) is 22.2 Å². The molecule has 0 aliphatic carbocycles. The molecule has 0 atom stereocenters. The highest BCUT2D eigenvalue weighted by atomic mass is 19.1. The molecule has 0 saturated carbocycles. The van der Waals surface area contributed by atoms with E-state index >= 15 is 0 Å². The first-order chi connectivity index (χ1) is 14.5. The second-order valence-corrected chi connectivity index (χ2v) is 6.29. The van der Waals surface area contributed by atoms with E-state index in [1.54, 1.807) is 49.6 Å². The summed E-state index contributed by atoms with van der Waals surface area (Å²) >= 11 is 0. The second-order valence-electron chi connectivity index (χ2n) is 6.29.